The lowest BCUT2D eigenvalue weighted by atomic mass is 9.64. The van der Waals surface area contributed by atoms with Gasteiger partial charge in [0.25, 0.3) is 3.86 Å². The molecule has 0 bridgehead atoms. The number of rotatable bonds is 9. The highest BCUT2D eigenvalue weighted by atomic mass is 127. The van der Waals surface area contributed by atoms with Crippen LogP contribution in [0.15, 0.2) is 0 Å². The molecule has 0 aliphatic carbocycles. The molecule has 0 aromatic rings. The Balaban J connectivity index is 6.22. The number of alkyl halides is 6. The van der Waals surface area contributed by atoms with Crippen molar-refractivity contribution in [2.45, 2.75) is 76.9 Å². The van der Waals surface area contributed by atoms with E-state index in [1.807, 2.05) is 9.24 Å². The highest BCUT2D eigenvalue weighted by molar-refractivity contribution is 14.1. The van der Waals surface area contributed by atoms with Crippen molar-refractivity contribution in [2.24, 2.45) is 0 Å². The Kier molecular flexibility index (Phi) is 9.08. The lowest BCUT2D eigenvalue weighted by Crippen LogP contribution is -2.69. The van der Waals surface area contributed by atoms with Gasteiger partial charge in [0.2, 0.25) is 0 Å². The molecule has 0 amide bonds. The SMILES string of the molecule is BC(F)(CCC)C(F)(P)C(B)(F)C(F)(I)OC(P)(C(C)(C)F)C(C)(P)P. The second-order valence-corrected chi connectivity index (χ2v) is 13.8. The molecule has 0 aliphatic heterocycles. The van der Waals surface area contributed by atoms with Crippen LogP contribution in [0.2, 0.25) is 0 Å². The average Bonchev–Trinajstić information content (AvgIpc) is 2.34. The summed E-state index contributed by atoms with van der Waals surface area (Å²) in [5.74, 6) is 0. The fourth-order valence-electron chi connectivity index (χ4n) is 2.52. The smallest absolute Gasteiger partial charge is 0.290 e. The molecule has 0 aliphatic rings. The van der Waals surface area contributed by atoms with E-state index < -0.39 is 36.3 Å². The Morgan fingerprint density at radius 2 is 1.31 bits per heavy atom. The van der Waals surface area contributed by atoms with Crippen LogP contribution in [0.1, 0.15) is 40.5 Å². The summed E-state index contributed by atoms with van der Waals surface area (Å²) < 4.78 is 77.8. The first-order valence-electron chi connectivity index (χ1n) is 8.01. The predicted molar refractivity (Wildman–Crippen MR) is 128 cm³/mol. The molecule has 0 saturated heterocycles. The zero-order chi connectivity index (χ0) is 21.6. The van der Waals surface area contributed by atoms with E-state index in [-0.39, 0.29) is 12.8 Å². The molecule has 0 spiro atoms. The highest BCUT2D eigenvalue weighted by Crippen LogP contribution is 2.60. The molecular formula is C13H28B2F5IOP4. The number of hydrogen-bond donors (Lipinski definition) is 0. The van der Waals surface area contributed by atoms with E-state index in [9.17, 15) is 8.78 Å². The maximum absolute atomic E-state index is 15.5. The molecule has 0 heterocycles. The molecule has 13 heteroatoms. The van der Waals surface area contributed by atoms with Gasteiger partial charge in [-0.3, -0.25) is 4.39 Å². The van der Waals surface area contributed by atoms with Gasteiger partial charge in [-0.05, 0) is 49.8 Å². The molecular weight excluding hydrogens is 540 g/mol. The lowest BCUT2D eigenvalue weighted by molar-refractivity contribution is -0.222. The standard InChI is InChI=1S/C13H28B2F5IOP4/c1-5-6-9(14,17)11(19,25)10(15,18)13(20,21)22-12(26,7(2,3)16)8(4,23)24/h5-6,14-15,23-26H2,1-4H3. The van der Waals surface area contributed by atoms with Gasteiger partial charge in [0.05, 0.1) is 0 Å². The first-order chi connectivity index (χ1) is 11.0. The Morgan fingerprint density at radius 1 is 0.923 bits per heavy atom. The Labute approximate surface area is 178 Å². The van der Waals surface area contributed by atoms with Gasteiger partial charge in [-0.25, -0.2) is 13.2 Å². The van der Waals surface area contributed by atoms with Crippen LogP contribution in [-0.2, 0) is 4.74 Å². The van der Waals surface area contributed by atoms with Gasteiger partial charge in [-0.2, -0.15) is 4.39 Å². The molecule has 0 saturated carbocycles. The van der Waals surface area contributed by atoms with E-state index in [2.05, 4.69) is 18.5 Å². The molecule has 9 atom stereocenters. The van der Waals surface area contributed by atoms with Crippen LogP contribution in [-0.4, -0.2) is 52.0 Å². The fourth-order valence-corrected chi connectivity index (χ4v) is 5.09. The van der Waals surface area contributed by atoms with Crippen molar-refractivity contribution in [1.29, 1.82) is 0 Å². The molecule has 0 N–H and O–H groups in total. The van der Waals surface area contributed by atoms with Gasteiger partial charge in [0.1, 0.15) is 16.6 Å². The fraction of sp³-hybridized carbons (Fsp3) is 1.00. The van der Waals surface area contributed by atoms with Gasteiger partial charge in [0.15, 0.2) is 26.7 Å². The number of hydrogen-bond acceptors (Lipinski definition) is 1. The summed E-state index contributed by atoms with van der Waals surface area (Å²) in [5, 5.41) is -5.31. The Hall–Kier alpha value is 2.19. The predicted octanol–water partition coefficient (Wildman–Crippen LogP) is 3.79. The Bertz CT molecular complexity index is 496. The van der Waals surface area contributed by atoms with Crippen molar-refractivity contribution in [2.75, 3.05) is 0 Å². The van der Waals surface area contributed by atoms with Gasteiger partial charge in [-0.15, -0.1) is 18.5 Å². The summed E-state index contributed by atoms with van der Waals surface area (Å²) in [5.41, 5.74) is -8.32. The second kappa shape index (κ2) is 8.37. The first-order valence-corrected chi connectivity index (χ1v) is 11.4. The largest absolute Gasteiger partial charge is 0.321 e. The third-order valence-electron chi connectivity index (χ3n) is 4.68. The highest BCUT2D eigenvalue weighted by Gasteiger charge is 2.70. The number of ether oxygens (including phenoxy) is 1. The molecule has 9 unspecified atom stereocenters. The molecule has 0 radical (unpaired) electrons. The average molecular weight is 568 g/mol. The maximum atomic E-state index is 15.5. The Morgan fingerprint density at radius 3 is 1.58 bits per heavy atom. The number of halogens is 6. The summed E-state index contributed by atoms with van der Waals surface area (Å²) in [6, 6.07) is 0. The van der Waals surface area contributed by atoms with Gasteiger partial charge in [0, 0.05) is 4.90 Å². The van der Waals surface area contributed by atoms with Crippen molar-refractivity contribution in [3.05, 3.63) is 0 Å². The monoisotopic (exact) mass is 568 g/mol. The summed E-state index contributed by atoms with van der Waals surface area (Å²) in [6.45, 7) is 5.38. The summed E-state index contributed by atoms with van der Waals surface area (Å²) in [6.07, 6.45) is -0.101. The van der Waals surface area contributed by atoms with E-state index in [4.69, 9.17) is 4.74 Å². The van der Waals surface area contributed by atoms with Crippen LogP contribution in [0.25, 0.3) is 0 Å². The minimum Gasteiger partial charge on any atom is -0.321 e. The second-order valence-electron chi connectivity index (χ2n) is 7.77. The molecule has 0 aromatic heterocycles. The van der Waals surface area contributed by atoms with Gasteiger partial charge >= 0.3 is 0 Å². The normalized spacial score (nSPS) is 25.3. The minimum absolute atomic E-state index is 0.227. The molecule has 0 aromatic carbocycles. The van der Waals surface area contributed by atoms with Crippen molar-refractivity contribution < 1.29 is 26.7 Å². The zero-order valence-corrected chi connectivity index (χ0v) is 22.7. The van der Waals surface area contributed by atoms with Crippen molar-refractivity contribution >= 4 is 75.2 Å². The third kappa shape index (κ3) is 5.08. The zero-order valence-electron chi connectivity index (χ0n) is 15.9. The van der Waals surface area contributed by atoms with Gasteiger partial charge < -0.3 is 4.74 Å². The molecule has 0 rings (SSSR count). The minimum atomic E-state index is -3.46. The van der Waals surface area contributed by atoms with E-state index in [1.54, 1.807) is 6.92 Å². The third-order valence-corrected chi connectivity index (χ3v) is 10.0. The topological polar surface area (TPSA) is 9.23 Å². The van der Waals surface area contributed by atoms with Crippen molar-refractivity contribution in [3.63, 3.8) is 0 Å². The maximum Gasteiger partial charge on any atom is 0.290 e. The van der Waals surface area contributed by atoms with E-state index in [1.165, 1.54) is 16.2 Å². The summed E-state index contributed by atoms with van der Waals surface area (Å²) in [7, 11) is 9.50. The van der Waals surface area contributed by atoms with Crippen LogP contribution in [0.4, 0.5) is 22.0 Å². The summed E-state index contributed by atoms with van der Waals surface area (Å²) >= 11 is 0.935. The molecule has 0 fully saturated rings. The van der Waals surface area contributed by atoms with Crippen LogP contribution in [0.5, 0.6) is 0 Å². The summed E-state index contributed by atoms with van der Waals surface area (Å²) in [4.78, 5) is -1.17. The quantitative estimate of drug-likeness (QED) is 0.136. The van der Waals surface area contributed by atoms with E-state index >= 15 is 13.2 Å². The lowest BCUT2D eigenvalue weighted by Gasteiger charge is -2.53. The van der Waals surface area contributed by atoms with E-state index in [0.29, 0.717) is 7.85 Å². The van der Waals surface area contributed by atoms with Crippen LogP contribution >= 0.6 is 59.6 Å². The molecule has 26 heavy (non-hydrogen) atoms. The molecule has 1 nitrogen and oxygen atoms in total. The first kappa shape index (κ1) is 28.2. The van der Waals surface area contributed by atoms with Crippen molar-refractivity contribution in [1.82, 2.24) is 0 Å². The van der Waals surface area contributed by atoms with Crippen LogP contribution < -0.4 is 0 Å². The van der Waals surface area contributed by atoms with E-state index in [0.717, 1.165) is 44.3 Å². The van der Waals surface area contributed by atoms with Crippen LogP contribution in [0, 0.1) is 0 Å². The van der Waals surface area contributed by atoms with Gasteiger partial charge in [-0.1, -0.05) is 31.8 Å². The van der Waals surface area contributed by atoms with Crippen LogP contribution in [0.3, 0.4) is 0 Å². The molecule has 154 valence electrons. The van der Waals surface area contributed by atoms with Crippen molar-refractivity contribution in [3.8, 4) is 0 Å².